The maximum absolute atomic E-state index is 5.48. The molecule has 3 rings (SSSR count). The number of hydrogen-bond acceptors (Lipinski definition) is 3. The summed E-state index contributed by atoms with van der Waals surface area (Å²) < 4.78 is 10.9. The Labute approximate surface area is 108 Å². The van der Waals surface area contributed by atoms with Gasteiger partial charge in [0.1, 0.15) is 0 Å². The second-order valence-corrected chi connectivity index (χ2v) is 6.30. The second-order valence-electron chi connectivity index (χ2n) is 6.30. The van der Waals surface area contributed by atoms with Crippen LogP contribution in [0.3, 0.4) is 0 Å². The molecule has 3 nitrogen and oxygen atoms in total. The molecule has 0 aromatic heterocycles. The van der Waals surface area contributed by atoms with Gasteiger partial charge in [-0.05, 0) is 48.1 Å². The van der Waals surface area contributed by atoms with Gasteiger partial charge >= 0.3 is 0 Å². The summed E-state index contributed by atoms with van der Waals surface area (Å²) in [5, 5.41) is 3.66. The molecule has 0 bridgehead atoms. The van der Waals surface area contributed by atoms with Crippen molar-refractivity contribution in [3.63, 3.8) is 0 Å². The zero-order valence-corrected chi connectivity index (χ0v) is 11.4. The summed E-state index contributed by atoms with van der Waals surface area (Å²) >= 11 is 0. The fraction of sp³-hybridized carbons (Fsp3) is 0.600. The molecular formula is C15H21NO2. The molecule has 3 heteroatoms. The van der Waals surface area contributed by atoms with E-state index < -0.39 is 0 Å². The average molecular weight is 247 g/mol. The molecule has 1 unspecified atom stereocenters. The molecular weight excluding hydrogens is 226 g/mol. The van der Waals surface area contributed by atoms with Crippen LogP contribution in [0.15, 0.2) is 12.1 Å². The first-order chi connectivity index (χ1) is 8.54. The van der Waals surface area contributed by atoms with E-state index in [4.69, 9.17) is 9.47 Å². The van der Waals surface area contributed by atoms with Crippen LogP contribution in [0.2, 0.25) is 0 Å². The van der Waals surface area contributed by atoms with Gasteiger partial charge in [0.25, 0.3) is 0 Å². The lowest BCUT2D eigenvalue weighted by Gasteiger charge is -2.30. The summed E-state index contributed by atoms with van der Waals surface area (Å²) in [7, 11) is 0. The Morgan fingerprint density at radius 3 is 2.44 bits per heavy atom. The molecule has 0 fully saturated rings. The molecule has 0 amide bonds. The minimum Gasteiger partial charge on any atom is -0.454 e. The zero-order valence-electron chi connectivity index (χ0n) is 11.4. The van der Waals surface area contributed by atoms with Crippen molar-refractivity contribution >= 4 is 0 Å². The lowest BCUT2D eigenvalue weighted by Crippen LogP contribution is -2.41. The standard InChI is InChI=1S/C15H21NO2/c1-15(2,3)14-8-11-7-13-12(17-9-18-13)6-10(11)4-5-16-14/h6-7,14,16H,4-5,8-9H2,1-3H3. The van der Waals surface area contributed by atoms with Crippen LogP contribution in [0.25, 0.3) is 0 Å². The van der Waals surface area contributed by atoms with Crippen LogP contribution in [0.4, 0.5) is 0 Å². The predicted octanol–water partition coefficient (Wildman–Crippen LogP) is 2.52. The summed E-state index contributed by atoms with van der Waals surface area (Å²) in [5.41, 5.74) is 3.08. The molecule has 1 N–H and O–H groups in total. The Kier molecular flexibility index (Phi) is 2.74. The molecule has 18 heavy (non-hydrogen) atoms. The van der Waals surface area contributed by atoms with E-state index >= 15 is 0 Å². The molecule has 1 atom stereocenters. The Balaban J connectivity index is 1.95. The van der Waals surface area contributed by atoms with Gasteiger partial charge in [0.05, 0.1) is 0 Å². The first kappa shape index (κ1) is 11.8. The van der Waals surface area contributed by atoms with E-state index in [-0.39, 0.29) is 5.41 Å². The number of fused-ring (bicyclic) bond motifs is 2. The predicted molar refractivity (Wildman–Crippen MR) is 71.2 cm³/mol. The Bertz CT molecular complexity index is 462. The lowest BCUT2D eigenvalue weighted by molar-refractivity contribution is 0.174. The first-order valence-corrected chi connectivity index (χ1v) is 6.69. The largest absolute Gasteiger partial charge is 0.454 e. The molecule has 0 spiro atoms. The Morgan fingerprint density at radius 1 is 1.11 bits per heavy atom. The highest BCUT2D eigenvalue weighted by Gasteiger charge is 2.28. The van der Waals surface area contributed by atoms with Gasteiger partial charge in [-0.1, -0.05) is 20.8 Å². The van der Waals surface area contributed by atoms with Crippen molar-refractivity contribution < 1.29 is 9.47 Å². The summed E-state index contributed by atoms with van der Waals surface area (Å²) in [6.45, 7) is 8.28. The number of rotatable bonds is 0. The van der Waals surface area contributed by atoms with Gasteiger partial charge < -0.3 is 14.8 Å². The maximum atomic E-state index is 5.48. The lowest BCUT2D eigenvalue weighted by atomic mass is 9.83. The van der Waals surface area contributed by atoms with Gasteiger partial charge in [-0.25, -0.2) is 0 Å². The number of hydrogen-bond donors (Lipinski definition) is 1. The topological polar surface area (TPSA) is 30.5 Å². The number of benzene rings is 1. The van der Waals surface area contributed by atoms with Gasteiger partial charge in [-0.15, -0.1) is 0 Å². The third-order valence-corrected chi connectivity index (χ3v) is 3.95. The van der Waals surface area contributed by atoms with Crippen molar-refractivity contribution in [3.8, 4) is 11.5 Å². The van der Waals surface area contributed by atoms with Gasteiger partial charge in [0, 0.05) is 6.04 Å². The highest BCUT2D eigenvalue weighted by atomic mass is 16.7. The van der Waals surface area contributed by atoms with Crippen LogP contribution in [-0.4, -0.2) is 19.4 Å². The zero-order chi connectivity index (χ0) is 12.8. The van der Waals surface area contributed by atoms with Crippen molar-refractivity contribution in [2.75, 3.05) is 13.3 Å². The van der Waals surface area contributed by atoms with Crippen molar-refractivity contribution in [2.24, 2.45) is 5.41 Å². The van der Waals surface area contributed by atoms with Gasteiger partial charge in [0.2, 0.25) is 6.79 Å². The van der Waals surface area contributed by atoms with Crippen molar-refractivity contribution in [2.45, 2.75) is 39.7 Å². The fourth-order valence-corrected chi connectivity index (χ4v) is 2.73. The summed E-state index contributed by atoms with van der Waals surface area (Å²) in [6, 6.07) is 4.84. The number of nitrogens with one attached hydrogen (secondary N) is 1. The van der Waals surface area contributed by atoms with Crippen LogP contribution in [0, 0.1) is 5.41 Å². The molecule has 0 saturated heterocycles. The highest BCUT2D eigenvalue weighted by molar-refractivity contribution is 5.49. The molecule has 0 radical (unpaired) electrons. The third-order valence-electron chi connectivity index (χ3n) is 3.95. The molecule has 1 aromatic carbocycles. The van der Waals surface area contributed by atoms with Crippen molar-refractivity contribution in [3.05, 3.63) is 23.3 Å². The van der Waals surface area contributed by atoms with Gasteiger partial charge in [-0.2, -0.15) is 0 Å². The molecule has 0 saturated carbocycles. The van der Waals surface area contributed by atoms with Crippen LogP contribution in [0.1, 0.15) is 31.9 Å². The minimum absolute atomic E-state index is 0.276. The average Bonchev–Trinajstić information content (AvgIpc) is 2.62. The Hall–Kier alpha value is -1.22. The van der Waals surface area contributed by atoms with Crippen LogP contribution < -0.4 is 14.8 Å². The quantitative estimate of drug-likeness (QED) is 0.764. The van der Waals surface area contributed by atoms with Crippen molar-refractivity contribution in [1.82, 2.24) is 5.32 Å². The van der Waals surface area contributed by atoms with Crippen LogP contribution in [0.5, 0.6) is 11.5 Å². The van der Waals surface area contributed by atoms with Crippen LogP contribution in [-0.2, 0) is 12.8 Å². The molecule has 2 aliphatic heterocycles. The van der Waals surface area contributed by atoms with Crippen molar-refractivity contribution in [1.29, 1.82) is 0 Å². The van der Waals surface area contributed by atoms with E-state index in [9.17, 15) is 0 Å². The van der Waals surface area contributed by atoms with E-state index in [0.717, 1.165) is 30.9 Å². The molecule has 2 heterocycles. The second kappa shape index (κ2) is 4.16. The number of ether oxygens (including phenoxy) is 2. The fourth-order valence-electron chi connectivity index (χ4n) is 2.73. The SMILES string of the molecule is CC(C)(C)C1Cc2cc3c(cc2CCN1)OCO3. The van der Waals surface area contributed by atoms with E-state index in [2.05, 4.69) is 38.2 Å². The van der Waals surface area contributed by atoms with E-state index in [0.29, 0.717) is 12.8 Å². The smallest absolute Gasteiger partial charge is 0.231 e. The molecule has 1 aromatic rings. The monoisotopic (exact) mass is 247 g/mol. The highest BCUT2D eigenvalue weighted by Crippen LogP contribution is 2.37. The van der Waals surface area contributed by atoms with Gasteiger partial charge in [0.15, 0.2) is 11.5 Å². The molecule has 0 aliphatic carbocycles. The molecule has 2 aliphatic rings. The summed E-state index contributed by atoms with van der Waals surface area (Å²) in [4.78, 5) is 0. The summed E-state index contributed by atoms with van der Waals surface area (Å²) in [5.74, 6) is 1.81. The minimum atomic E-state index is 0.276. The van der Waals surface area contributed by atoms with Crippen LogP contribution >= 0.6 is 0 Å². The summed E-state index contributed by atoms with van der Waals surface area (Å²) in [6.07, 6.45) is 2.13. The van der Waals surface area contributed by atoms with E-state index in [1.165, 1.54) is 11.1 Å². The van der Waals surface area contributed by atoms with Gasteiger partial charge in [-0.3, -0.25) is 0 Å². The Morgan fingerprint density at radius 2 is 1.78 bits per heavy atom. The first-order valence-electron chi connectivity index (χ1n) is 6.69. The van der Waals surface area contributed by atoms with E-state index in [1.807, 2.05) is 0 Å². The molecule has 98 valence electrons. The maximum Gasteiger partial charge on any atom is 0.231 e. The normalized spacial score (nSPS) is 22.5. The third kappa shape index (κ3) is 2.07. The van der Waals surface area contributed by atoms with E-state index in [1.54, 1.807) is 0 Å².